The molecule has 5 rings (SSSR count). The number of methoxy groups -OCH3 is 1. The highest BCUT2D eigenvalue weighted by atomic mass is 16.5. The first-order valence-corrected chi connectivity index (χ1v) is 10.4. The third-order valence-corrected chi connectivity index (χ3v) is 5.20. The van der Waals surface area contributed by atoms with Gasteiger partial charge in [-0.25, -0.2) is 4.68 Å². The van der Waals surface area contributed by atoms with Crippen molar-refractivity contribution >= 4 is 0 Å². The Morgan fingerprint density at radius 1 is 1.03 bits per heavy atom. The smallest absolute Gasteiger partial charge is 0.280 e. The third-order valence-electron chi connectivity index (χ3n) is 5.20. The van der Waals surface area contributed by atoms with Crippen LogP contribution in [0.5, 0.6) is 11.5 Å². The molecule has 2 aromatic carbocycles. The summed E-state index contributed by atoms with van der Waals surface area (Å²) in [6.45, 7) is 4.87. The van der Waals surface area contributed by atoms with E-state index in [0.29, 0.717) is 30.6 Å². The highest BCUT2D eigenvalue weighted by molar-refractivity contribution is 5.59. The lowest BCUT2D eigenvalue weighted by atomic mass is 10.1. The van der Waals surface area contributed by atoms with Gasteiger partial charge in [-0.1, -0.05) is 22.5 Å². The van der Waals surface area contributed by atoms with E-state index < -0.39 is 0 Å². The van der Waals surface area contributed by atoms with E-state index in [1.54, 1.807) is 7.11 Å². The normalized spacial score (nSPS) is 15.6. The molecular weight excluding hydrogens is 410 g/mol. The molecule has 0 saturated carbocycles. The Labute approximate surface area is 184 Å². The van der Waals surface area contributed by atoms with Crippen LogP contribution >= 0.6 is 0 Å². The van der Waals surface area contributed by atoms with Crippen LogP contribution in [0.4, 0.5) is 0 Å². The molecule has 2 aromatic heterocycles. The van der Waals surface area contributed by atoms with Gasteiger partial charge in [-0.3, -0.25) is 0 Å². The molecule has 0 radical (unpaired) electrons. The van der Waals surface area contributed by atoms with Crippen LogP contribution in [-0.2, 0) is 17.9 Å². The topological polar surface area (TPSA) is 97.3 Å². The molecule has 0 aliphatic carbocycles. The minimum absolute atomic E-state index is 0.115. The fourth-order valence-corrected chi connectivity index (χ4v) is 3.59. The van der Waals surface area contributed by atoms with Crippen LogP contribution in [-0.4, -0.2) is 38.3 Å². The second kappa shape index (κ2) is 8.43. The summed E-state index contributed by atoms with van der Waals surface area (Å²) >= 11 is 0. The molecule has 9 nitrogen and oxygen atoms in total. The lowest BCUT2D eigenvalue weighted by Gasteiger charge is -2.24. The third kappa shape index (κ3) is 3.94. The largest absolute Gasteiger partial charge is 0.497 e. The summed E-state index contributed by atoms with van der Waals surface area (Å²) in [6, 6.07) is 15.4. The molecule has 3 heterocycles. The summed E-state index contributed by atoms with van der Waals surface area (Å²) < 4.78 is 24.3. The van der Waals surface area contributed by atoms with E-state index in [4.69, 9.17) is 18.7 Å². The van der Waals surface area contributed by atoms with Gasteiger partial charge in [0.25, 0.3) is 5.89 Å². The number of fused-ring (bicyclic) bond motifs is 1. The zero-order chi connectivity index (χ0) is 22.1. The Balaban J connectivity index is 1.33. The van der Waals surface area contributed by atoms with Crippen LogP contribution in [0.25, 0.3) is 23.0 Å². The second-order valence-corrected chi connectivity index (χ2v) is 7.75. The molecule has 0 N–H and O–H groups in total. The SMILES string of the molecule is COc1ccc([C@@H]2Cn3nnc(-c4nc(-c5ccc(OC(C)C)cc5)no4)c3CO2)cc1. The lowest BCUT2D eigenvalue weighted by Crippen LogP contribution is -2.22. The molecule has 4 aromatic rings. The van der Waals surface area contributed by atoms with Crippen molar-refractivity contribution < 1.29 is 18.7 Å². The summed E-state index contributed by atoms with van der Waals surface area (Å²) in [5.74, 6) is 2.40. The quantitative estimate of drug-likeness (QED) is 0.449. The van der Waals surface area contributed by atoms with Crippen molar-refractivity contribution in [2.24, 2.45) is 0 Å². The second-order valence-electron chi connectivity index (χ2n) is 7.75. The van der Waals surface area contributed by atoms with E-state index >= 15 is 0 Å². The average Bonchev–Trinajstić information content (AvgIpc) is 3.46. The van der Waals surface area contributed by atoms with E-state index in [-0.39, 0.29) is 12.2 Å². The van der Waals surface area contributed by atoms with E-state index in [9.17, 15) is 0 Å². The first-order chi connectivity index (χ1) is 15.6. The molecule has 9 heteroatoms. The van der Waals surface area contributed by atoms with Gasteiger partial charge in [0, 0.05) is 5.56 Å². The summed E-state index contributed by atoms with van der Waals surface area (Å²) in [7, 11) is 1.65. The van der Waals surface area contributed by atoms with Crippen molar-refractivity contribution in [3.8, 4) is 34.5 Å². The number of ether oxygens (including phenoxy) is 3. The number of benzene rings is 2. The molecule has 1 aliphatic rings. The van der Waals surface area contributed by atoms with Gasteiger partial charge < -0.3 is 18.7 Å². The van der Waals surface area contributed by atoms with Crippen molar-refractivity contribution in [2.75, 3.05) is 7.11 Å². The van der Waals surface area contributed by atoms with E-state index in [0.717, 1.165) is 28.3 Å². The number of aromatic nitrogens is 5. The Morgan fingerprint density at radius 3 is 2.50 bits per heavy atom. The molecule has 0 bridgehead atoms. The number of rotatable bonds is 6. The molecule has 164 valence electrons. The Kier molecular flexibility index (Phi) is 5.32. The molecule has 0 fully saturated rings. The van der Waals surface area contributed by atoms with Crippen molar-refractivity contribution in [2.45, 2.75) is 39.2 Å². The van der Waals surface area contributed by atoms with Crippen LogP contribution in [0.1, 0.15) is 31.2 Å². The standard InChI is InChI=1S/C23H23N5O4/c1-14(2)31-18-10-6-16(7-11-18)22-24-23(32-26-22)21-19-13-30-20(12-28(19)27-25-21)15-4-8-17(29-3)9-5-15/h4-11,14,20H,12-13H2,1-3H3/t20-/m0/s1. The lowest BCUT2D eigenvalue weighted by molar-refractivity contribution is -0.00119. The minimum Gasteiger partial charge on any atom is -0.497 e. The summed E-state index contributed by atoms with van der Waals surface area (Å²) in [5, 5.41) is 12.7. The highest BCUT2D eigenvalue weighted by Crippen LogP contribution is 2.31. The first-order valence-electron chi connectivity index (χ1n) is 10.4. The fourth-order valence-electron chi connectivity index (χ4n) is 3.59. The van der Waals surface area contributed by atoms with Gasteiger partial charge in [0.15, 0.2) is 5.69 Å². The van der Waals surface area contributed by atoms with Gasteiger partial charge in [0.1, 0.15) is 17.6 Å². The van der Waals surface area contributed by atoms with Gasteiger partial charge in [-0.05, 0) is 55.8 Å². The molecule has 0 unspecified atom stereocenters. The molecule has 32 heavy (non-hydrogen) atoms. The fraction of sp³-hybridized carbons (Fsp3) is 0.304. The summed E-state index contributed by atoms with van der Waals surface area (Å²) in [4.78, 5) is 4.51. The van der Waals surface area contributed by atoms with E-state index in [1.807, 2.05) is 67.1 Å². The molecule has 0 spiro atoms. The van der Waals surface area contributed by atoms with Gasteiger partial charge in [0.2, 0.25) is 5.82 Å². The van der Waals surface area contributed by atoms with Crippen LogP contribution < -0.4 is 9.47 Å². The first kappa shape index (κ1) is 20.2. The minimum atomic E-state index is -0.118. The Morgan fingerprint density at radius 2 is 1.78 bits per heavy atom. The van der Waals surface area contributed by atoms with Crippen LogP contribution in [0, 0.1) is 0 Å². The van der Waals surface area contributed by atoms with Gasteiger partial charge in [-0.2, -0.15) is 4.98 Å². The van der Waals surface area contributed by atoms with Crippen LogP contribution in [0.15, 0.2) is 53.1 Å². The maximum Gasteiger partial charge on any atom is 0.280 e. The summed E-state index contributed by atoms with van der Waals surface area (Å²) in [5.41, 5.74) is 3.23. The molecule has 1 aliphatic heterocycles. The monoisotopic (exact) mass is 433 g/mol. The Bertz CT molecular complexity index is 1200. The van der Waals surface area contributed by atoms with Gasteiger partial charge >= 0.3 is 0 Å². The van der Waals surface area contributed by atoms with Crippen molar-refractivity contribution in [3.05, 3.63) is 59.8 Å². The molecule has 1 atom stereocenters. The van der Waals surface area contributed by atoms with E-state index in [1.165, 1.54) is 0 Å². The Hall–Kier alpha value is -3.72. The zero-order valence-electron chi connectivity index (χ0n) is 18.1. The maximum absolute atomic E-state index is 6.08. The van der Waals surface area contributed by atoms with Crippen molar-refractivity contribution in [1.29, 1.82) is 0 Å². The summed E-state index contributed by atoms with van der Waals surface area (Å²) in [6.07, 6.45) is -0.00321. The predicted molar refractivity (Wildman–Crippen MR) is 115 cm³/mol. The van der Waals surface area contributed by atoms with Crippen molar-refractivity contribution in [1.82, 2.24) is 25.1 Å². The number of hydrogen-bond acceptors (Lipinski definition) is 8. The van der Waals surface area contributed by atoms with E-state index in [2.05, 4.69) is 20.5 Å². The maximum atomic E-state index is 6.08. The zero-order valence-corrected chi connectivity index (χ0v) is 18.1. The molecule has 0 amide bonds. The van der Waals surface area contributed by atoms with Gasteiger partial charge in [-0.15, -0.1) is 5.10 Å². The highest BCUT2D eigenvalue weighted by Gasteiger charge is 2.28. The van der Waals surface area contributed by atoms with Crippen molar-refractivity contribution in [3.63, 3.8) is 0 Å². The predicted octanol–water partition coefficient (Wildman–Crippen LogP) is 4.06. The van der Waals surface area contributed by atoms with Gasteiger partial charge in [0.05, 0.1) is 32.1 Å². The molecular formula is C23H23N5O4. The molecule has 0 saturated heterocycles. The average molecular weight is 433 g/mol. The number of nitrogens with zero attached hydrogens (tertiary/aromatic N) is 5. The van der Waals surface area contributed by atoms with Crippen LogP contribution in [0.3, 0.4) is 0 Å². The number of hydrogen-bond donors (Lipinski definition) is 0. The van der Waals surface area contributed by atoms with Crippen LogP contribution in [0.2, 0.25) is 0 Å².